The number of carbonyl (C=O) groups is 1. The van der Waals surface area contributed by atoms with Crippen LogP contribution in [0.1, 0.15) is 44.4 Å². The molecule has 0 radical (unpaired) electrons. The van der Waals surface area contributed by atoms with Gasteiger partial charge in [0.1, 0.15) is 11.5 Å². The maximum absolute atomic E-state index is 13.0. The fourth-order valence-corrected chi connectivity index (χ4v) is 4.10. The van der Waals surface area contributed by atoms with Crippen LogP contribution in [-0.2, 0) is 13.0 Å². The molecule has 5 heteroatoms. The fourth-order valence-electron chi connectivity index (χ4n) is 4.10. The lowest BCUT2D eigenvalue weighted by Crippen LogP contribution is -2.36. The first-order valence-corrected chi connectivity index (χ1v) is 10.1. The van der Waals surface area contributed by atoms with Gasteiger partial charge in [-0.2, -0.15) is 0 Å². The minimum Gasteiger partial charge on any atom is -0.361 e. The van der Waals surface area contributed by atoms with Gasteiger partial charge in [0.25, 0.3) is 5.91 Å². The Balaban J connectivity index is 1.53. The van der Waals surface area contributed by atoms with Crippen LogP contribution in [-0.4, -0.2) is 27.5 Å². The second-order valence-corrected chi connectivity index (χ2v) is 7.44. The molecule has 0 unspecified atom stereocenters. The molecule has 0 saturated heterocycles. The summed E-state index contributed by atoms with van der Waals surface area (Å²) >= 11 is 0. The number of benzene rings is 2. The van der Waals surface area contributed by atoms with Crippen molar-refractivity contribution in [3.8, 4) is 0 Å². The Bertz CT molecular complexity index is 1100. The topological polar surface area (TPSA) is 59.2 Å². The van der Waals surface area contributed by atoms with Crippen LogP contribution in [0.4, 0.5) is 0 Å². The molecular weight excluding hydrogens is 374 g/mol. The minimum absolute atomic E-state index is 0.0168. The lowest BCUT2D eigenvalue weighted by atomic mass is 9.85. The van der Waals surface area contributed by atoms with Crippen molar-refractivity contribution in [2.24, 2.45) is 0 Å². The van der Waals surface area contributed by atoms with Crippen molar-refractivity contribution < 1.29 is 9.32 Å². The van der Waals surface area contributed by atoms with Crippen molar-refractivity contribution in [1.29, 1.82) is 0 Å². The standard InChI is InChI=1S/C25H21N3O2/c29-25(20-12-7-14-26-16-20)28-15-13-22-21(17-28)24(27-30-22)23(18-8-3-1-4-9-18)19-10-5-2-6-11-19/h1-12,14,16,23H,13,15,17H2. The smallest absolute Gasteiger partial charge is 0.255 e. The van der Waals surface area contributed by atoms with Gasteiger partial charge in [-0.25, -0.2) is 0 Å². The number of pyridine rings is 1. The van der Waals surface area contributed by atoms with Crippen LogP contribution >= 0.6 is 0 Å². The average molecular weight is 395 g/mol. The molecule has 0 spiro atoms. The number of carbonyl (C=O) groups excluding carboxylic acids is 1. The summed E-state index contributed by atoms with van der Waals surface area (Å²) in [6, 6.07) is 24.2. The summed E-state index contributed by atoms with van der Waals surface area (Å²) in [5.41, 5.74) is 4.79. The van der Waals surface area contributed by atoms with Crippen LogP contribution in [0.25, 0.3) is 0 Å². The molecule has 5 rings (SSSR count). The molecule has 148 valence electrons. The molecule has 1 aliphatic heterocycles. The molecule has 1 aliphatic rings. The molecule has 5 nitrogen and oxygen atoms in total. The molecule has 4 aromatic rings. The van der Waals surface area contributed by atoms with E-state index in [1.807, 2.05) is 41.3 Å². The van der Waals surface area contributed by atoms with Crippen LogP contribution in [0.2, 0.25) is 0 Å². The molecule has 0 aliphatic carbocycles. The lowest BCUT2D eigenvalue weighted by molar-refractivity contribution is 0.0728. The highest BCUT2D eigenvalue weighted by molar-refractivity contribution is 5.94. The van der Waals surface area contributed by atoms with Crippen molar-refractivity contribution >= 4 is 5.91 Å². The van der Waals surface area contributed by atoms with E-state index in [2.05, 4.69) is 34.4 Å². The normalized spacial score (nSPS) is 13.3. The second kappa shape index (κ2) is 7.95. The maximum atomic E-state index is 13.0. The molecular formula is C25H21N3O2. The van der Waals surface area contributed by atoms with E-state index in [-0.39, 0.29) is 11.8 Å². The lowest BCUT2D eigenvalue weighted by Gasteiger charge is -2.27. The summed E-state index contributed by atoms with van der Waals surface area (Å²) in [6.07, 6.45) is 3.95. The van der Waals surface area contributed by atoms with Crippen LogP contribution in [0, 0.1) is 0 Å². The number of fused-ring (bicyclic) bond motifs is 1. The Kier molecular flexibility index (Phi) is 4.85. The Morgan fingerprint density at radius 1 is 0.933 bits per heavy atom. The van der Waals surface area contributed by atoms with Gasteiger partial charge in [-0.15, -0.1) is 0 Å². The number of nitrogens with zero attached hydrogens (tertiary/aromatic N) is 3. The maximum Gasteiger partial charge on any atom is 0.255 e. The SMILES string of the molecule is O=C(c1cccnc1)N1CCc2onc(C(c3ccccc3)c3ccccc3)c2C1. The van der Waals surface area contributed by atoms with Gasteiger partial charge in [0.15, 0.2) is 0 Å². The van der Waals surface area contributed by atoms with E-state index in [0.29, 0.717) is 25.1 Å². The highest BCUT2D eigenvalue weighted by Crippen LogP contribution is 2.36. The fraction of sp³-hybridized carbons (Fsp3) is 0.160. The molecule has 0 bridgehead atoms. The third-order valence-corrected chi connectivity index (χ3v) is 5.59. The zero-order valence-electron chi connectivity index (χ0n) is 16.4. The summed E-state index contributed by atoms with van der Waals surface area (Å²) < 4.78 is 5.74. The van der Waals surface area contributed by atoms with E-state index >= 15 is 0 Å². The molecule has 2 aromatic heterocycles. The van der Waals surface area contributed by atoms with Crippen LogP contribution < -0.4 is 0 Å². The predicted octanol–water partition coefficient (Wildman–Crippen LogP) is 4.45. The zero-order valence-corrected chi connectivity index (χ0v) is 16.4. The molecule has 0 N–H and O–H groups in total. The Morgan fingerprint density at radius 3 is 2.27 bits per heavy atom. The summed E-state index contributed by atoms with van der Waals surface area (Å²) in [7, 11) is 0. The van der Waals surface area contributed by atoms with Gasteiger partial charge in [-0.3, -0.25) is 9.78 Å². The number of amides is 1. The van der Waals surface area contributed by atoms with Gasteiger partial charge < -0.3 is 9.42 Å². The van der Waals surface area contributed by atoms with E-state index in [1.54, 1.807) is 24.5 Å². The molecule has 1 amide bonds. The van der Waals surface area contributed by atoms with Crippen molar-refractivity contribution in [1.82, 2.24) is 15.0 Å². The highest BCUT2D eigenvalue weighted by Gasteiger charge is 2.31. The van der Waals surface area contributed by atoms with Gasteiger partial charge in [0, 0.05) is 30.9 Å². The Labute approximate surface area is 175 Å². The quantitative estimate of drug-likeness (QED) is 0.512. The second-order valence-electron chi connectivity index (χ2n) is 7.44. The van der Waals surface area contributed by atoms with Gasteiger partial charge in [0.05, 0.1) is 18.0 Å². The minimum atomic E-state index is -0.0478. The first-order valence-electron chi connectivity index (χ1n) is 10.1. The zero-order chi connectivity index (χ0) is 20.3. The highest BCUT2D eigenvalue weighted by atomic mass is 16.5. The van der Waals surface area contributed by atoms with Crippen molar-refractivity contribution in [2.75, 3.05) is 6.54 Å². The summed E-state index contributed by atoms with van der Waals surface area (Å²) in [4.78, 5) is 18.9. The summed E-state index contributed by atoms with van der Waals surface area (Å²) in [5.74, 6) is 0.808. The first-order chi connectivity index (χ1) is 14.8. The third-order valence-electron chi connectivity index (χ3n) is 5.59. The molecule has 0 saturated carbocycles. The average Bonchev–Trinajstić information content (AvgIpc) is 3.24. The summed E-state index contributed by atoms with van der Waals surface area (Å²) in [6.45, 7) is 1.09. The van der Waals surface area contributed by atoms with Gasteiger partial charge in [-0.05, 0) is 23.3 Å². The number of rotatable bonds is 4. The van der Waals surface area contributed by atoms with E-state index in [9.17, 15) is 4.79 Å². The van der Waals surface area contributed by atoms with E-state index in [1.165, 1.54) is 0 Å². The largest absolute Gasteiger partial charge is 0.361 e. The monoisotopic (exact) mass is 395 g/mol. The Hall–Kier alpha value is -3.73. The number of hydrogen-bond acceptors (Lipinski definition) is 4. The first kappa shape index (κ1) is 18.3. The van der Waals surface area contributed by atoms with Gasteiger partial charge in [-0.1, -0.05) is 65.8 Å². The van der Waals surface area contributed by atoms with Crippen molar-refractivity contribution in [3.63, 3.8) is 0 Å². The Morgan fingerprint density at radius 2 is 1.63 bits per heavy atom. The van der Waals surface area contributed by atoms with E-state index in [0.717, 1.165) is 28.1 Å². The van der Waals surface area contributed by atoms with Gasteiger partial charge >= 0.3 is 0 Å². The van der Waals surface area contributed by atoms with Crippen molar-refractivity contribution in [3.05, 3.63) is 119 Å². The molecule has 30 heavy (non-hydrogen) atoms. The molecule has 2 aromatic carbocycles. The predicted molar refractivity (Wildman–Crippen MR) is 113 cm³/mol. The molecule has 0 fully saturated rings. The third kappa shape index (κ3) is 3.39. The van der Waals surface area contributed by atoms with Crippen LogP contribution in [0.15, 0.2) is 89.7 Å². The number of hydrogen-bond donors (Lipinski definition) is 0. The van der Waals surface area contributed by atoms with Gasteiger partial charge in [0.2, 0.25) is 0 Å². The van der Waals surface area contributed by atoms with E-state index in [4.69, 9.17) is 4.52 Å². The van der Waals surface area contributed by atoms with Crippen LogP contribution in [0.5, 0.6) is 0 Å². The van der Waals surface area contributed by atoms with Crippen LogP contribution in [0.3, 0.4) is 0 Å². The van der Waals surface area contributed by atoms with E-state index < -0.39 is 0 Å². The summed E-state index contributed by atoms with van der Waals surface area (Å²) in [5, 5.41) is 4.49. The molecule has 0 atom stereocenters. The van der Waals surface area contributed by atoms with Crippen molar-refractivity contribution in [2.45, 2.75) is 18.9 Å². The molecule has 3 heterocycles. The number of aromatic nitrogens is 2.